The molecule has 2 aromatic rings. The number of aromatic amines is 1. The summed E-state index contributed by atoms with van der Waals surface area (Å²) < 4.78 is 5.42. The van der Waals surface area contributed by atoms with Crippen LogP contribution in [-0.4, -0.2) is 73.2 Å². The molecule has 198 valence electrons. The van der Waals surface area contributed by atoms with E-state index in [1.54, 1.807) is 32.5 Å². The summed E-state index contributed by atoms with van der Waals surface area (Å²) in [5.41, 5.74) is 1.85. The number of rotatable bonds is 9. The Morgan fingerprint density at radius 2 is 2.24 bits per heavy atom. The van der Waals surface area contributed by atoms with Crippen molar-refractivity contribution < 1.29 is 19.1 Å². The number of allylic oxidation sites excluding steroid dienone is 2. The molecule has 2 aliphatic heterocycles. The SMILES string of the molecule is C=C(/C=C\C=N/C)[C@@H]1C[C@@H](C(=O)N[C@H](C#N)CC2CCNC2=O)N(C(=O)c2cc3c(OC)cccc3[nH]2)C1. The largest absolute Gasteiger partial charge is 0.496 e. The molecule has 0 aliphatic carbocycles. The van der Waals surface area contributed by atoms with E-state index in [2.05, 4.69) is 33.3 Å². The number of hydrogen-bond acceptors (Lipinski definition) is 6. The first-order valence-corrected chi connectivity index (χ1v) is 12.6. The Kier molecular flexibility index (Phi) is 8.26. The highest BCUT2D eigenvalue weighted by atomic mass is 16.5. The van der Waals surface area contributed by atoms with Gasteiger partial charge in [-0.1, -0.05) is 24.3 Å². The Bertz CT molecular complexity index is 1340. The Labute approximate surface area is 221 Å². The number of aliphatic imine (C=N–C) groups is 1. The van der Waals surface area contributed by atoms with E-state index in [0.717, 1.165) is 16.5 Å². The van der Waals surface area contributed by atoms with Gasteiger partial charge in [0.2, 0.25) is 11.8 Å². The van der Waals surface area contributed by atoms with Gasteiger partial charge in [-0.05, 0) is 43.5 Å². The third kappa shape index (κ3) is 5.62. The zero-order valence-corrected chi connectivity index (χ0v) is 21.6. The van der Waals surface area contributed by atoms with Crippen molar-refractivity contribution >= 4 is 34.8 Å². The van der Waals surface area contributed by atoms with Crippen LogP contribution in [0.5, 0.6) is 5.75 Å². The minimum atomic E-state index is -0.839. The number of nitrogens with zero attached hydrogens (tertiary/aromatic N) is 3. The zero-order valence-electron chi connectivity index (χ0n) is 21.6. The fourth-order valence-electron chi connectivity index (χ4n) is 5.11. The lowest BCUT2D eigenvalue weighted by Gasteiger charge is -2.25. The van der Waals surface area contributed by atoms with Crippen LogP contribution in [-0.2, 0) is 9.59 Å². The second kappa shape index (κ2) is 11.8. The molecule has 0 saturated carbocycles. The van der Waals surface area contributed by atoms with Crippen LogP contribution in [0.15, 0.2) is 53.6 Å². The molecule has 3 heterocycles. The molecule has 4 atom stereocenters. The summed E-state index contributed by atoms with van der Waals surface area (Å²) >= 11 is 0. The number of carbonyl (C=O) groups excluding carboxylic acids is 3. The lowest BCUT2D eigenvalue weighted by atomic mass is 9.96. The van der Waals surface area contributed by atoms with Gasteiger partial charge >= 0.3 is 0 Å². The summed E-state index contributed by atoms with van der Waals surface area (Å²) in [5, 5.41) is 16.0. The number of methoxy groups -OCH3 is 1. The van der Waals surface area contributed by atoms with Gasteiger partial charge in [-0.3, -0.25) is 19.4 Å². The fourth-order valence-corrected chi connectivity index (χ4v) is 5.11. The maximum atomic E-state index is 13.7. The third-order valence-corrected chi connectivity index (χ3v) is 7.16. The number of benzene rings is 1. The van der Waals surface area contributed by atoms with Gasteiger partial charge in [-0.25, -0.2) is 0 Å². The number of fused-ring (bicyclic) bond motifs is 1. The van der Waals surface area contributed by atoms with Crippen LogP contribution in [0.3, 0.4) is 0 Å². The number of likely N-dealkylation sites (tertiary alicyclic amines) is 1. The molecular formula is C28H32N6O4. The average Bonchev–Trinajstić information content (AvgIpc) is 3.66. The van der Waals surface area contributed by atoms with E-state index in [4.69, 9.17) is 4.74 Å². The van der Waals surface area contributed by atoms with Crippen LogP contribution in [0.25, 0.3) is 10.9 Å². The van der Waals surface area contributed by atoms with E-state index in [1.165, 1.54) is 4.90 Å². The Morgan fingerprint density at radius 3 is 2.92 bits per heavy atom. The smallest absolute Gasteiger partial charge is 0.271 e. The summed E-state index contributed by atoms with van der Waals surface area (Å²) in [6.45, 7) is 5.00. The third-order valence-electron chi connectivity index (χ3n) is 7.16. The number of nitrogens with one attached hydrogen (secondary N) is 3. The lowest BCUT2D eigenvalue weighted by Crippen LogP contribution is -2.49. The molecule has 1 aromatic heterocycles. The number of amides is 3. The van der Waals surface area contributed by atoms with E-state index >= 15 is 0 Å². The van der Waals surface area contributed by atoms with E-state index in [1.807, 2.05) is 24.3 Å². The Morgan fingerprint density at radius 1 is 1.42 bits per heavy atom. The molecule has 3 N–H and O–H groups in total. The molecule has 1 aromatic carbocycles. The Hall–Kier alpha value is -4.39. The predicted octanol–water partition coefficient (Wildman–Crippen LogP) is 2.35. The highest BCUT2D eigenvalue weighted by molar-refractivity contribution is 6.02. The quantitative estimate of drug-likeness (QED) is 0.347. The second-order valence-electron chi connectivity index (χ2n) is 9.55. The van der Waals surface area contributed by atoms with Crippen molar-refractivity contribution in [3.8, 4) is 11.8 Å². The second-order valence-corrected chi connectivity index (χ2v) is 9.55. The van der Waals surface area contributed by atoms with E-state index in [-0.39, 0.29) is 36.6 Å². The van der Waals surface area contributed by atoms with Gasteiger partial charge in [0, 0.05) is 49.1 Å². The molecule has 0 spiro atoms. The first-order chi connectivity index (χ1) is 18.4. The van der Waals surface area contributed by atoms with Crippen molar-refractivity contribution in [3.63, 3.8) is 0 Å². The van der Waals surface area contributed by atoms with Crippen LogP contribution >= 0.6 is 0 Å². The van der Waals surface area contributed by atoms with Gasteiger partial charge in [0.25, 0.3) is 5.91 Å². The van der Waals surface area contributed by atoms with Crippen LogP contribution in [0.1, 0.15) is 29.8 Å². The summed E-state index contributed by atoms with van der Waals surface area (Å²) in [5.74, 6) is -0.704. The molecule has 10 heteroatoms. The highest BCUT2D eigenvalue weighted by Gasteiger charge is 2.41. The van der Waals surface area contributed by atoms with Crippen LogP contribution in [0.4, 0.5) is 0 Å². The fraction of sp³-hybridized carbons (Fsp3) is 0.393. The van der Waals surface area contributed by atoms with Gasteiger partial charge < -0.3 is 25.3 Å². The van der Waals surface area contributed by atoms with E-state index in [9.17, 15) is 19.6 Å². The normalized spacial score (nSPS) is 22.1. The van der Waals surface area contributed by atoms with Crippen molar-refractivity contribution in [2.24, 2.45) is 16.8 Å². The van der Waals surface area contributed by atoms with E-state index in [0.29, 0.717) is 30.8 Å². The number of H-pyrrole nitrogens is 1. The standard InChI is InChI=1S/C28H32N6O4/c1-17(6-5-10-30-2)19-13-24(27(36)32-20(15-29)12-18-9-11-31-26(18)35)34(16-19)28(37)23-14-21-22(33-23)7-4-8-25(21)38-3/h4-8,10,14,18-20,24,33H,1,9,11-13,16H2,2-3H3,(H,31,35)(H,32,36)/b6-5-,30-10-/t18?,19-,20+,24+/m1/s1. The van der Waals surface area contributed by atoms with Gasteiger partial charge in [0.15, 0.2) is 0 Å². The van der Waals surface area contributed by atoms with Crippen LogP contribution < -0.4 is 15.4 Å². The monoisotopic (exact) mass is 516 g/mol. The predicted molar refractivity (Wildman–Crippen MR) is 144 cm³/mol. The average molecular weight is 517 g/mol. The highest BCUT2D eigenvalue weighted by Crippen LogP contribution is 2.32. The van der Waals surface area contributed by atoms with Crippen molar-refractivity contribution in [1.29, 1.82) is 5.26 Å². The first kappa shape index (κ1) is 26.7. The molecule has 2 fully saturated rings. The van der Waals surface area contributed by atoms with E-state index < -0.39 is 18.0 Å². The summed E-state index contributed by atoms with van der Waals surface area (Å²) in [6, 6.07) is 7.67. The number of carbonyl (C=O) groups is 3. The van der Waals surface area contributed by atoms with Gasteiger partial charge in [0.1, 0.15) is 23.5 Å². The molecule has 1 unspecified atom stereocenters. The van der Waals surface area contributed by atoms with Crippen LogP contribution in [0.2, 0.25) is 0 Å². The Balaban J connectivity index is 1.57. The molecule has 4 rings (SSSR count). The number of aromatic nitrogens is 1. The molecule has 2 saturated heterocycles. The first-order valence-electron chi connectivity index (χ1n) is 12.6. The lowest BCUT2D eigenvalue weighted by molar-refractivity contribution is -0.126. The summed E-state index contributed by atoms with van der Waals surface area (Å²) in [6.07, 6.45) is 6.44. The van der Waals surface area contributed by atoms with Gasteiger partial charge in [-0.15, -0.1) is 0 Å². The topological polar surface area (TPSA) is 140 Å². The molecule has 2 aliphatic rings. The van der Waals surface area contributed by atoms with Gasteiger partial charge in [0.05, 0.1) is 13.2 Å². The van der Waals surface area contributed by atoms with Gasteiger partial charge in [-0.2, -0.15) is 5.26 Å². The molecule has 38 heavy (non-hydrogen) atoms. The van der Waals surface area contributed by atoms with Crippen molar-refractivity contribution in [3.05, 3.63) is 54.3 Å². The summed E-state index contributed by atoms with van der Waals surface area (Å²) in [7, 11) is 3.23. The molecule has 3 amide bonds. The molecule has 10 nitrogen and oxygen atoms in total. The minimum absolute atomic E-state index is 0.106. The molecular weight excluding hydrogens is 484 g/mol. The summed E-state index contributed by atoms with van der Waals surface area (Å²) in [4.78, 5) is 47.8. The maximum Gasteiger partial charge on any atom is 0.271 e. The number of nitriles is 1. The maximum absolute atomic E-state index is 13.7. The van der Waals surface area contributed by atoms with Crippen LogP contribution in [0, 0.1) is 23.2 Å². The van der Waals surface area contributed by atoms with Crippen molar-refractivity contribution in [2.75, 3.05) is 27.2 Å². The zero-order chi connectivity index (χ0) is 27.2. The molecule has 0 bridgehead atoms. The number of ether oxygens (including phenoxy) is 1. The minimum Gasteiger partial charge on any atom is -0.496 e. The molecule has 0 radical (unpaired) electrons. The number of hydrogen-bond donors (Lipinski definition) is 3. The van der Waals surface area contributed by atoms with Crippen molar-refractivity contribution in [2.45, 2.75) is 31.3 Å². The van der Waals surface area contributed by atoms with Crippen molar-refractivity contribution in [1.82, 2.24) is 20.5 Å².